The average molecular weight is 398 g/mol. The highest BCUT2D eigenvalue weighted by Gasteiger charge is 2.28. The molecule has 2 aromatic heterocycles. The van der Waals surface area contributed by atoms with Crippen LogP contribution in [0.3, 0.4) is 0 Å². The summed E-state index contributed by atoms with van der Waals surface area (Å²) in [6.07, 6.45) is 1.26. The van der Waals surface area contributed by atoms with Gasteiger partial charge >= 0.3 is 0 Å². The fourth-order valence-electron chi connectivity index (χ4n) is 3.07. The number of amides is 2. The molecule has 3 heterocycles. The van der Waals surface area contributed by atoms with Crippen molar-refractivity contribution >= 4 is 11.8 Å². The third kappa shape index (κ3) is 3.33. The minimum atomic E-state index is -0.781. The van der Waals surface area contributed by atoms with E-state index in [2.05, 4.69) is 25.7 Å². The largest absolute Gasteiger partial charge is 0.347 e. The molecule has 1 aromatic carbocycles. The Balaban J connectivity index is 1.86. The van der Waals surface area contributed by atoms with Gasteiger partial charge in [-0.25, -0.2) is 23.4 Å². The van der Waals surface area contributed by atoms with E-state index in [0.717, 1.165) is 12.1 Å². The Bertz CT molecular complexity index is 1120. The van der Waals surface area contributed by atoms with Gasteiger partial charge in [0.05, 0.1) is 34.7 Å². The van der Waals surface area contributed by atoms with Crippen LogP contribution in [0.1, 0.15) is 40.5 Å². The van der Waals surface area contributed by atoms with Gasteiger partial charge in [-0.3, -0.25) is 9.59 Å². The van der Waals surface area contributed by atoms with Gasteiger partial charge < -0.3 is 10.6 Å². The number of fused-ring (bicyclic) bond motifs is 1. The van der Waals surface area contributed by atoms with Crippen LogP contribution in [0.4, 0.5) is 8.78 Å². The Labute approximate surface area is 164 Å². The molecule has 0 aliphatic carbocycles. The third-order valence-electron chi connectivity index (χ3n) is 4.30. The van der Waals surface area contributed by atoms with Crippen molar-refractivity contribution in [1.29, 1.82) is 0 Å². The summed E-state index contributed by atoms with van der Waals surface area (Å²) in [7, 11) is 0. The van der Waals surface area contributed by atoms with E-state index < -0.39 is 23.4 Å². The smallest absolute Gasteiger partial charge is 0.291 e. The maximum Gasteiger partial charge on any atom is 0.291 e. The molecule has 2 N–H and O–H groups in total. The van der Waals surface area contributed by atoms with Crippen LogP contribution >= 0.6 is 0 Å². The van der Waals surface area contributed by atoms with Crippen molar-refractivity contribution in [2.75, 3.05) is 0 Å². The van der Waals surface area contributed by atoms with Crippen LogP contribution in [-0.2, 0) is 6.54 Å². The van der Waals surface area contributed by atoms with Crippen LogP contribution in [0, 0.1) is 11.6 Å². The van der Waals surface area contributed by atoms with Gasteiger partial charge in [-0.05, 0) is 32.0 Å². The van der Waals surface area contributed by atoms with Crippen molar-refractivity contribution in [3.8, 4) is 16.9 Å². The van der Waals surface area contributed by atoms with E-state index in [1.807, 2.05) is 0 Å². The monoisotopic (exact) mass is 398 g/mol. The second-order valence-corrected chi connectivity index (χ2v) is 6.77. The van der Waals surface area contributed by atoms with Crippen LogP contribution < -0.4 is 10.6 Å². The van der Waals surface area contributed by atoms with Crippen LogP contribution in [0.25, 0.3) is 16.9 Å². The summed E-state index contributed by atoms with van der Waals surface area (Å²) in [6, 6.07) is 4.75. The van der Waals surface area contributed by atoms with E-state index in [0.29, 0.717) is 5.69 Å². The quantitative estimate of drug-likeness (QED) is 0.700. The topological polar surface area (TPSA) is 102 Å². The van der Waals surface area contributed by atoms with E-state index >= 15 is 0 Å². The summed E-state index contributed by atoms with van der Waals surface area (Å²) < 4.78 is 29.8. The predicted octanol–water partition coefficient (Wildman–Crippen LogP) is 1.99. The van der Waals surface area contributed by atoms with Crippen LogP contribution in [0.5, 0.6) is 0 Å². The summed E-state index contributed by atoms with van der Waals surface area (Å²) in [5.41, 5.74) is 0.460. The lowest BCUT2D eigenvalue weighted by Gasteiger charge is -2.11. The van der Waals surface area contributed by atoms with Crippen molar-refractivity contribution < 1.29 is 18.4 Å². The summed E-state index contributed by atoms with van der Waals surface area (Å²) in [5, 5.41) is 9.42. The lowest BCUT2D eigenvalue weighted by Crippen LogP contribution is -2.31. The lowest BCUT2D eigenvalue weighted by atomic mass is 10.1. The zero-order chi connectivity index (χ0) is 20.7. The maximum atomic E-state index is 14.3. The molecule has 0 saturated heterocycles. The third-order valence-corrected chi connectivity index (χ3v) is 4.30. The Morgan fingerprint density at radius 2 is 1.97 bits per heavy atom. The molecule has 0 radical (unpaired) electrons. The summed E-state index contributed by atoms with van der Waals surface area (Å²) in [4.78, 5) is 32.7. The molecule has 10 heteroatoms. The van der Waals surface area contributed by atoms with E-state index in [9.17, 15) is 18.4 Å². The number of nitrogens with one attached hydrogen (secondary N) is 2. The van der Waals surface area contributed by atoms with Gasteiger partial charge in [-0.1, -0.05) is 6.07 Å². The first-order valence-electron chi connectivity index (χ1n) is 8.84. The zero-order valence-corrected chi connectivity index (χ0v) is 15.5. The second-order valence-electron chi connectivity index (χ2n) is 6.77. The van der Waals surface area contributed by atoms with Crippen molar-refractivity contribution in [2.24, 2.45) is 0 Å². The second kappa shape index (κ2) is 7.04. The SMILES string of the molecule is CC(C)NC(=O)c1ncn(-c2cc(-c3c(F)cccc3F)nc3c2C(=O)NC3)n1. The molecule has 2 amide bonds. The summed E-state index contributed by atoms with van der Waals surface area (Å²) in [6.45, 7) is 3.70. The van der Waals surface area contributed by atoms with Crippen LogP contribution in [0.2, 0.25) is 0 Å². The molecule has 0 unspecified atom stereocenters. The molecule has 0 spiro atoms. The Kier molecular flexibility index (Phi) is 4.53. The van der Waals surface area contributed by atoms with E-state index in [4.69, 9.17) is 0 Å². The number of hydrogen-bond acceptors (Lipinski definition) is 5. The molecule has 29 heavy (non-hydrogen) atoms. The maximum absolute atomic E-state index is 14.3. The highest BCUT2D eigenvalue weighted by Crippen LogP contribution is 2.30. The summed E-state index contributed by atoms with van der Waals surface area (Å²) in [5.74, 6) is -2.53. The van der Waals surface area contributed by atoms with Gasteiger partial charge in [0, 0.05) is 6.04 Å². The van der Waals surface area contributed by atoms with Crippen molar-refractivity contribution in [1.82, 2.24) is 30.4 Å². The lowest BCUT2D eigenvalue weighted by molar-refractivity contribution is 0.0931. The number of pyridine rings is 1. The molecule has 1 aliphatic rings. The molecule has 4 rings (SSSR count). The molecular weight excluding hydrogens is 382 g/mol. The number of halogens is 2. The molecule has 0 saturated carbocycles. The van der Waals surface area contributed by atoms with Gasteiger partial charge in [-0.15, -0.1) is 5.10 Å². The normalized spacial score (nSPS) is 12.8. The van der Waals surface area contributed by atoms with Crippen molar-refractivity contribution in [3.63, 3.8) is 0 Å². The highest BCUT2D eigenvalue weighted by atomic mass is 19.1. The summed E-state index contributed by atoms with van der Waals surface area (Å²) >= 11 is 0. The molecule has 8 nitrogen and oxygen atoms in total. The van der Waals surface area contributed by atoms with Crippen LogP contribution in [-0.4, -0.2) is 37.6 Å². The van der Waals surface area contributed by atoms with Crippen molar-refractivity contribution in [2.45, 2.75) is 26.4 Å². The first kappa shape index (κ1) is 18.7. The fourth-order valence-corrected chi connectivity index (χ4v) is 3.07. The Hall–Kier alpha value is -3.69. The molecule has 0 atom stereocenters. The van der Waals surface area contributed by atoms with E-state index in [1.165, 1.54) is 23.1 Å². The van der Waals surface area contributed by atoms with Gasteiger partial charge in [-0.2, -0.15) is 0 Å². The average Bonchev–Trinajstić information content (AvgIpc) is 3.28. The number of benzene rings is 1. The van der Waals surface area contributed by atoms with Gasteiger partial charge in [0.25, 0.3) is 11.8 Å². The molecule has 3 aromatic rings. The Morgan fingerprint density at radius 3 is 2.66 bits per heavy atom. The first-order valence-corrected chi connectivity index (χ1v) is 8.84. The first-order chi connectivity index (χ1) is 13.8. The van der Waals surface area contributed by atoms with E-state index in [-0.39, 0.29) is 40.9 Å². The Morgan fingerprint density at radius 1 is 1.24 bits per heavy atom. The molecular formula is C19H16F2N6O2. The molecule has 0 bridgehead atoms. The highest BCUT2D eigenvalue weighted by molar-refractivity contribution is 6.01. The number of nitrogens with zero attached hydrogens (tertiary/aromatic N) is 4. The minimum Gasteiger partial charge on any atom is -0.347 e. The zero-order valence-electron chi connectivity index (χ0n) is 15.5. The van der Waals surface area contributed by atoms with Gasteiger partial charge in [0.15, 0.2) is 0 Å². The van der Waals surface area contributed by atoms with E-state index in [1.54, 1.807) is 13.8 Å². The standard InChI is InChI=1S/C19H16F2N6O2/c1-9(2)24-19(29)17-23-8-27(26-17)14-6-12(15-10(20)4-3-5-11(15)21)25-13-7-22-18(28)16(13)14/h3-6,8-9H,7H2,1-2H3,(H,22,28)(H,24,29). The van der Waals surface area contributed by atoms with Gasteiger partial charge in [0.2, 0.25) is 5.82 Å². The number of rotatable bonds is 4. The molecule has 0 fully saturated rings. The van der Waals surface area contributed by atoms with Gasteiger partial charge in [0.1, 0.15) is 18.0 Å². The number of carbonyl (C=O) groups is 2. The molecule has 1 aliphatic heterocycles. The number of aromatic nitrogens is 4. The van der Waals surface area contributed by atoms with Crippen molar-refractivity contribution in [3.05, 3.63) is 59.3 Å². The number of hydrogen-bond donors (Lipinski definition) is 2. The van der Waals surface area contributed by atoms with Crippen LogP contribution in [0.15, 0.2) is 30.6 Å². The number of carbonyl (C=O) groups excluding carboxylic acids is 2. The fraction of sp³-hybridized carbons (Fsp3) is 0.211. The minimum absolute atomic E-state index is 0.00883. The predicted molar refractivity (Wildman–Crippen MR) is 98.3 cm³/mol. The molecule has 148 valence electrons.